The van der Waals surface area contributed by atoms with Gasteiger partial charge in [0.2, 0.25) is 0 Å². The molecular formula is C9H13N3. The van der Waals surface area contributed by atoms with Gasteiger partial charge in [0.1, 0.15) is 0 Å². The van der Waals surface area contributed by atoms with E-state index in [1.165, 1.54) is 18.4 Å². The summed E-state index contributed by atoms with van der Waals surface area (Å²) in [4.78, 5) is 4.02. The summed E-state index contributed by atoms with van der Waals surface area (Å²) in [6.45, 7) is 0.892. The van der Waals surface area contributed by atoms with Gasteiger partial charge in [-0.1, -0.05) is 0 Å². The lowest BCUT2D eigenvalue weighted by Gasteiger charge is -2.02. The molecule has 1 saturated carbocycles. The second-order valence-corrected chi connectivity index (χ2v) is 3.28. The van der Waals surface area contributed by atoms with Gasteiger partial charge in [0.15, 0.2) is 0 Å². The zero-order valence-electron chi connectivity index (χ0n) is 6.96. The zero-order valence-corrected chi connectivity index (χ0v) is 6.96. The highest BCUT2D eigenvalue weighted by molar-refractivity contribution is 5.36. The summed E-state index contributed by atoms with van der Waals surface area (Å²) in [5, 5.41) is 3.40. The molecular weight excluding hydrogens is 150 g/mol. The van der Waals surface area contributed by atoms with E-state index in [1.807, 2.05) is 12.3 Å². The number of hydrogen-bond donors (Lipinski definition) is 2. The quantitative estimate of drug-likeness (QED) is 0.696. The molecule has 0 amide bonds. The van der Waals surface area contributed by atoms with E-state index in [4.69, 9.17) is 5.73 Å². The van der Waals surface area contributed by atoms with Crippen LogP contribution in [0.5, 0.6) is 0 Å². The highest BCUT2D eigenvalue weighted by Crippen LogP contribution is 2.19. The lowest BCUT2D eigenvalue weighted by Crippen LogP contribution is -2.15. The van der Waals surface area contributed by atoms with Crippen molar-refractivity contribution in [3.05, 3.63) is 24.0 Å². The first-order valence-electron chi connectivity index (χ1n) is 4.27. The Labute approximate surface area is 72.0 Å². The number of aromatic nitrogens is 1. The van der Waals surface area contributed by atoms with Crippen LogP contribution in [0.15, 0.2) is 18.5 Å². The van der Waals surface area contributed by atoms with Crippen molar-refractivity contribution < 1.29 is 0 Å². The van der Waals surface area contributed by atoms with Crippen molar-refractivity contribution in [2.75, 3.05) is 5.73 Å². The summed E-state index contributed by atoms with van der Waals surface area (Å²) < 4.78 is 0. The zero-order chi connectivity index (χ0) is 8.39. The molecule has 1 heterocycles. The molecule has 64 valence electrons. The standard InChI is InChI=1S/C9H13N3/c10-8-3-7(4-11-6-8)5-12-9-1-2-9/h3-4,6,9,12H,1-2,5,10H2. The maximum atomic E-state index is 5.59. The Kier molecular flexibility index (Phi) is 1.96. The molecule has 3 N–H and O–H groups in total. The molecule has 3 heteroatoms. The monoisotopic (exact) mass is 163 g/mol. The molecule has 0 aliphatic heterocycles. The first-order valence-corrected chi connectivity index (χ1v) is 4.27. The van der Waals surface area contributed by atoms with Crippen LogP contribution in [-0.4, -0.2) is 11.0 Å². The molecule has 0 bridgehead atoms. The molecule has 0 atom stereocenters. The fourth-order valence-corrected chi connectivity index (χ4v) is 1.15. The van der Waals surface area contributed by atoms with E-state index in [1.54, 1.807) is 6.20 Å². The third-order valence-corrected chi connectivity index (χ3v) is 1.99. The van der Waals surface area contributed by atoms with E-state index >= 15 is 0 Å². The van der Waals surface area contributed by atoms with Gasteiger partial charge in [-0.05, 0) is 24.5 Å². The molecule has 0 spiro atoms. The van der Waals surface area contributed by atoms with E-state index < -0.39 is 0 Å². The van der Waals surface area contributed by atoms with Crippen LogP contribution >= 0.6 is 0 Å². The van der Waals surface area contributed by atoms with Gasteiger partial charge in [-0.15, -0.1) is 0 Å². The van der Waals surface area contributed by atoms with Crippen molar-refractivity contribution in [2.24, 2.45) is 0 Å². The van der Waals surface area contributed by atoms with Crippen molar-refractivity contribution in [1.29, 1.82) is 0 Å². The Morgan fingerprint density at radius 3 is 3.00 bits per heavy atom. The smallest absolute Gasteiger partial charge is 0.0503 e. The van der Waals surface area contributed by atoms with Gasteiger partial charge in [-0.2, -0.15) is 0 Å². The lowest BCUT2D eigenvalue weighted by atomic mass is 10.2. The predicted molar refractivity (Wildman–Crippen MR) is 48.5 cm³/mol. The molecule has 0 unspecified atom stereocenters. The minimum absolute atomic E-state index is 0.741. The number of nitrogens with two attached hydrogens (primary N) is 1. The lowest BCUT2D eigenvalue weighted by molar-refractivity contribution is 0.686. The van der Waals surface area contributed by atoms with E-state index in [0.717, 1.165) is 18.3 Å². The van der Waals surface area contributed by atoms with Crippen LogP contribution in [0.2, 0.25) is 0 Å². The van der Waals surface area contributed by atoms with Gasteiger partial charge in [-0.25, -0.2) is 0 Å². The minimum atomic E-state index is 0.741. The molecule has 0 radical (unpaired) electrons. The summed E-state index contributed by atoms with van der Waals surface area (Å²) in [7, 11) is 0. The molecule has 1 aliphatic rings. The Balaban J connectivity index is 1.92. The number of anilines is 1. The summed E-state index contributed by atoms with van der Waals surface area (Å²) in [6, 6.07) is 2.70. The van der Waals surface area contributed by atoms with Gasteiger partial charge >= 0.3 is 0 Å². The summed E-state index contributed by atoms with van der Waals surface area (Å²) >= 11 is 0. The van der Waals surface area contributed by atoms with Gasteiger partial charge in [0, 0.05) is 25.0 Å². The normalized spacial score (nSPS) is 16.3. The highest BCUT2D eigenvalue weighted by atomic mass is 14.9. The fourth-order valence-electron chi connectivity index (χ4n) is 1.15. The van der Waals surface area contributed by atoms with Crippen LogP contribution in [-0.2, 0) is 6.54 Å². The molecule has 1 aromatic rings. The van der Waals surface area contributed by atoms with Crippen molar-refractivity contribution in [2.45, 2.75) is 25.4 Å². The molecule has 1 aliphatic carbocycles. The van der Waals surface area contributed by atoms with E-state index in [2.05, 4.69) is 10.3 Å². The van der Waals surface area contributed by atoms with Crippen LogP contribution in [0, 0.1) is 0 Å². The van der Waals surface area contributed by atoms with E-state index in [0.29, 0.717) is 0 Å². The molecule has 3 nitrogen and oxygen atoms in total. The number of hydrogen-bond acceptors (Lipinski definition) is 3. The first-order chi connectivity index (χ1) is 5.84. The SMILES string of the molecule is Nc1cncc(CNC2CC2)c1. The first kappa shape index (κ1) is 7.55. The Hall–Kier alpha value is -1.09. The summed E-state index contributed by atoms with van der Waals surface area (Å²) in [5.41, 5.74) is 7.50. The molecule has 2 rings (SSSR count). The number of nitrogens with one attached hydrogen (secondary N) is 1. The van der Waals surface area contributed by atoms with Crippen LogP contribution in [0.3, 0.4) is 0 Å². The van der Waals surface area contributed by atoms with Crippen LogP contribution in [0.1, 0.15) is 18.4 Å². The number of pyridine rings is 1. The topological polar surface area (TPSA) is 50.9 Å². The third kappa shape index (κ3) is 1.95. The van der Waals surface area contributed by atoms with E-state index in [-0.39, 0.29) is 0 Å². The fraction of sp³-hybridized carbons (Fsp3) is 0.444. The number of rotatable bonds is 3. The average molecular weight is 163 g/mol. The van der Waals surface area contributed by atoms with Gasteiger partial charge in [0.05, 0.1) is 5.69 Å². The number of nitrogens with zero attached hydrogens (tertiary/aromatic N) is 1. The highest BCUT2D eigenvalue weighted by Gasteiger charge is 2.19. The van der Waals surface area contributed by atoms with Crippen molar-refractivity contribution >= 4 is 5.69 Å². The minimum Gasteiger partial charge on any atom is -0.397 e. The Morgan fingerprint density at radius 2 is 2.33 bits per heavy atom. The second-order valence-electron chi connectivity index (χ2n) is 3.28. The predicted octanol–water partition coefficient (Wildman–Crippen LogP) is 0.916. The molecule has 1 fully saturated rings. The van der Waals surface area contributed by atoms with Gasteiger partial charge < -0.3 is 11.1 Å². The van der Waals surface area contributed by atoms with E-state index in [9.17, 15) is 0 Å². The molecule has 0 aromatic carbocycles. The Morgan fingerprint density at radius 1 is 1.50 bits per heavy atom. The second kappa shape index (κ2) is 3.11. The largest absolute Gasteiger partial charge is 0.397 e. The molecule has 12 heavy (non-hydrogen) atoms. The Bertz CT molecular complexity index is 268. The maximum absolute atomic E-state index is 5.59. The van der Waals surface area contributed by atoms with Crippen LogP contribution in [0.4, 0.5) is 5.69 Å². The van der Waals surface area contributed by atoms with Gasteiger partial charge in [-0.3, -0.25) is 4.98 Å². The van der Waals surface area contributed by atoms with Gasteiger partial charge in [0.25, 0.3) is 0 Å². The van der Waals surface area contributed by atoms with Crippen molar-refractivity contribution in [1.82, 2.24) is 10.3 Å². The summed E-state index contributed by atoms with van der Waals surface area (Å²) in [6.07, 6.45) is 6.15. The molecule has 1 aromatic heterocycles. The van der Waals surface area contributed by atoms with Crippen LogP contribution in [0.25, 0.3) is 0 Å². The third-order valence-electron chi connectivity index (χ3n) is 1.99. The van der Waals surface area contributed by atoms with Crippen molar-refractivity contribution in [3.8, 4) is 0 Å². The average Bonchev–Trinajstić information content (AvgIpc) is 2.84. The summed E-state index contributed by atoms with van der Waals surface area (Å²) in [5.74, 6) is 0. The van der Waals surface area contributed by atoms with Crippen LogP contribution < -0.4 is 11.1 Å². The molecule has 0 saturated heterocycles. The maximum Gasteiger partial charge on any atom is 0.0503 e. The number of nitrogen functional groups attached to an aromatic ring is 1. The van der Waals surface area contributed by atoms with Crippen molar-refractivity contribution in [3.63, 3.8) is 0 Å².